The zero-order valence-corrected chi connectivity index (χ0v) is 12.3. The zero-order chi connectivity index (χ0) is 15.2. The predicted octanol–water partition coefficient (Wildman–Crippen LogP) is 1.68. The van der Waals surface area contributed by atoms with E-state index in [0.717, 1.165) is 6.42 Å². The van der Waals surface area contributed by atoms with Crippen LogP contribution in [-0.2, 0) is 9.59 Å². The average Bonchev–Trinajstić information content (AvgIpc) is 2.97. The maximum absolute atomic E-state index is 12.0. The van der Waals surface area contributed by atoms with Gasteiger partial charge >= 0.3 is 5.97 Å². The molecule has 0 spiro atoms. The second kappa shape index (κ2) is 7.26. The minimum absolute atomic E-state index is 0.0235. The van der Waals surface area contributed by atoms with Gasteiger partial charge in [-0.05, 0) is 12.8 Å². The first kappa shape index (κ1) is 15.6. The summed E-state index contributed by atoms with van der Waals surface area (Å²) in [5.74, 6) is -0.814. The van der Waals surface area contributed by atoms with Crippen LogP contribution in [0.3, 0.4) is 0 Å². The Hall–Kier alpha value is -1.82. The van der Waals surface area contributed by atoms with Crippen LogP contribution in [0.5, 0.6) is 0 Å². The lowest BCUT2D eigenvalue weighted by Gasteiger charge is -2.21. The second-order valence-corrected chi connectivity index (χ2v) is 5.85. The average molecular weight is 307 g/mol. The monoisotopic (exact) mass is 307 g/mol. The third kappa shape index (κ3) is 4.07. The summed E-state index contributed by atoms with van der Waals surface area (Å²) < 4.78 is 0. The lowest BCUT2D eigenvalue weighted by Crippen LogP contribution is -2.41. The van der Waals surface area contributed by atoms with Crippen LogP contribution in [0.15, 0.2) is 30.3 Å². The van der Waals surface area contributed by atoms with Crippen molar-refractivity contribution in [2.24, 2.45) is 0 Å². The topological polar surface area (TPSA) is 74.7 Å². The highest BCUT2D eigenvalue weighted by Crippen LogP contribution is 2.19. The van der Waals surface area contributed by atoms with E-state index < -0.39 is 12.0 Å². The first-order valence-electron chi connectivity index (χ1n) is 6.78. The summed E-state index contributed by atoms with van der Waals surface area (Å²) in [5.41, 5.74) is 0.627. The van der Waals surface area contributed by atoms with Gasteiger partial charge in [0, 0.05) is 12.1 Å². The van der Waals surface area contributed by atoms with Crippen LogP contribution in [0.25, 0.3) is 0 Å². The molecule has 0 bridgehead atoms. The van der Waals surface area contributed by atoms with E-state index in [9.17, 15) is 14.4 Å². The first-order chi connectivity index (χ1) is 10.1. The van der Waals surface area contributed by atoms with E-state index in [4.69, 9.17) is 5.11 Å². The minimum atomic E-state index is -0.953. The van der Waals surface area contributed by atoms with E-state index in [2.05, 4.69) is 0 Å². The van der Waals surface area contributed by atoms with Gasteiger partial charge in [0.25, 0.3) is 0 Å². The summed E-state index contributed by atoms with van der Waals surface area (Å²) in [6.07, 6.45) is 1.23. The summed E-state index contributed by atoms with van der Waals surface area (Å²) in [5, 5.41) is 9.04. The Labute approximate surface area is 127 Å². The van der Waals surface area contributed by atoms with Gasteiger partial charge in [-0.1, -0.05) is 30.3 Å². The predicted molar refractivity (Wildman–Crippen MR) is 80.5 cm³/mol. The van der Waals surface area contributed by atoms with Gasteiger partial charge in [0.2, 0.25) is 5.91 Å². The number of aliphatic carboxylic acids is 1. The van der Waals surface area contributed by atoms with Crippen LogP contribution in [0.4, 0.5) is 0 Å². The number of thioether (sulfide) groups is 1. The number of carboxylic acids is 1. The van der Waals surface area contributed by atoms with Crippen LogP contribution >= 0.6 is 11.8 Å². The van der Waals surface area contributed by atoms with E-state index in [0.29, 0.717) is 18.5 Å². The molecule has 1 heterocycles. The summed E-state index contributed by atoms with van der Waals surface area (Å²) in [4.78, 5) is 36.3. The number of rotatable bonds is 6. The van der Waals surface area contributed by atoms with Crippen molar-refractivity contribution >= 4 is 29.4 Å². The van der Waals surface area contributed by atoms with Crippen LogP contribution < -0.4 is 0 Å². The fraction of sp³-hybridized carbons (Fsp3) is 0.400. The van der Waals surface area contributed by atoms with Crippen molar-refractivity contribution in [3.8, 4) is 0 Å². The van der Waals surface area contributed by atoms with Crippen molar-refractivity contribution in [3.05, 3.63) is 35.9 Å². The Morgan fingerprint density at radius 2 is 1.90 bits per heavy atom. The van der Waals surface area contributed by atoms with E-state index in [-0.39, 0.29) is 23.2 Å². The van der Waals surface area contributed by atoms with Crippen molar-refractivity contribution < 1.29 is 19.5 Å². The number of carbonyl (C=O) groups is 3. The van der Waals surface area contributed by atoms with Crippen molar-refractivity contribution in [2.75, 3.05) is 18.1 Å². The van der Waals surface area contributed by atoms with Crippen LogP contribution in [0.1, 0.15) is 23.2 Å². The smallest absolute Gasteiger partial charge is 0.326 e. The Balaban J connectivity index is 1.79. The highest BCUT2D eigenvalue weighted by Gasteiger charge is 2.33. The molecule has 5 nitrogen and oxygen atoms in total. The zero-order valence-electron chi connectivity index (χ0n) is 11.5. The molecule has 112 valence electrons. The molecule has 6 heteroatoms. The van der Waals surface area contributed by atoms with Crippen molar-refractivity contribution in [2.45, 2.75) is 18.9 Å². The second-order valence-electron chi connectivity index (χ2n) is 4.87. The largest absolute Gasteiger partial charge is 0.480 e. The lowest BCUT2D eigenvalue weighted by atomic mass is 10.2. The van der Waals surface area contributed by atoms with E-state index in [1.807, 2.05) is 6.07 Å². The number of likely N-dealkylation sites (tertiary alicyclic amines) is 1. The molecule has 1 aromatic carbocycles. The Kier molecular flexibility index (Phi) is 5.38. The number of amides is 1. The van der Waals surface area contributed by atoms with Gasteiger partial charge in [-0.15, -0.1) is 11.8 Å². The summed E-state index contributed by atoms with van der Waals surface area (Å²) in [6.45, 7) is 0.489. The quantitative estimate of drug-likeness (QED) is 0.809. The van der Waals surface area contributed by atoms with Gasteiger partial charge in [-0.2, -0.15) is 0 Å². The highest BCUT2D eigenvalue weighted by atomic mass is 32.2. The fourth-order valence-electron chi connectivity index (χ4n) is 2.34. The normalized spacial score (nSPS) is 17.7. The van der Waals surface area contributed by atoms with Gasteiger partial charge in [-0.25, -0.2) is 4.79 Å². The molecule has 1 atom stereocenters. The van der Waals surface area contributed by atoms with Crippen molar-refractivity contribution in [3.63, 3.8) is 0 Å². The maximum atomic E-state index is 12.0. The number of ketones is 1. The summed E-state index contributed by atoms with van der Waals surface area (Å²) in [7, 11) is 0. The maximum Gasteiger partial charge on any atom is 0.326 e. The molecule has 1 aliphatic heterocycles. The number of carboxylic acid groups (broad SMARTS) is 1. The molecule has 1 amide bonds. The molecule has 21 heavy (non-hydrogen) atoms. The molecule has 1 saturated heterocycles. The standard InChI is InChI=1S/C15H17NO4S/c17-13(11-5-2-1-3-6-11)9-21-10-14(18)16-8-4-7-12(16)15(19)20/h1-3,5-6,12H,4,7-10H2,(H,19,20)/t12-/m1/s1. The minimum Gasteiger partial charge on any atom is -0.480 e. The number of hydrogen-bond donors (Lipinski definition) is 1. The van der Waals surface area contributed by atoms with Gasteiger partial charge in [-0.3, -0.25) is 9.59 Å². The molecule has 0 saturated carbocycles. The van der Waals surface area contributed by atoms with E-state index in [1.165, 1.54) is 16.7 Å². The SMILES string of the molecule is O=C(CSCC(=O)N1CCC[C@@H]1C(=O)O)c1ccccc1. The van der Waals surface area contributed by atoms with Gasteiger partial charge in [0.15, 0.2) is 5.78 Å². The molecule has 1 N–H and O–H groups in total. The molecular weight excluding hydrogens is 290 g/mol. The molecule has 1 aliphatic rings. The number of Topliss-reactive ketones (excluding diaryl/α,β-unsaturated/α-hetero) is 1. The first-order valence-corrected chi connectivity index (χ1v) is 7.93. The molecule has 1 aromatic rings. The number of benzene rings is 1. The van der Waals surface area contributed by atoms with Crippen molar-refractivity contribution in [1.29, 1.82) is 0 Å². The molecule has 0 unspecified atom stereocenters. The number of nitrogens with zero attached hydrogens (tertiary/aromatic N) is 1. The van der Waals surface area contributed by atoms with Gasteiger partial charge in [0.05, 0.1) is 11.5 Å². The van der Waals surface area contributed by atoms with Crippen LogP contribution in [-0.4, -0.2) is 51.8 Å². The van der Waals surface area contributed by atoms with Crippen molar-refractivity contribution in [1.82, 2.24) is 4.90 Å². The molecular formula is C15H17NO4S. The Morgan fingerprint density at radius 1 is 1.19 bits per heavy atom. The fourth-order valence-corrected chi connectivity index (χ4v) is 3.14. The molecule has 0 aliphatic carbocycles. The Bertz CT molecular complexity index is 532. The van der Waals surface area contributed by atoms with Crippen LogP contribution in [0.2, 0.25) is 0 Å². The van der Waals surface area contributed by atoms with Gasteiger partial charge in [0.1, 0.15) is 6.04 Å². The summed E-state index contributed by atoms with van der Waals surface area (Å²) in [6, 6.07) is 8.21. The third-order valence-electron chi connectivity index (χ3n) is 3.41. The highest BCUT2D eigenvalue weighted by molar-refractivity contribution is 8.00. The number of carbonyl (C=O) groups excluding carboxylic acids is 2. The molecule has 1 fully saturated rings. The van der Waals surface area contributed by atoms with Gasteiger partial charge < -0.3 is 10.0 Å². The number of hydrogen-bond acceptors (Lipinski definition) is 4. The molecule has 0 radical (unpaired) electrons. The summed E-state index contributed by atoms with van der Waals surface area (Å²) >= 11 is 1.23. The van der Waals surface area contributed by atoms with Crippen LogP contribution in [0, 0.1) is 0 Å². The Morgan fingerprint density at radius 3 is 2.57 bits per heavy atom. The lowest BCUT2D eigenvalue weighted by molar-refractivity contribution is -0.147. The van der Waals surface area contributed by atoms with E-state index in [1.54, 1.807) is 24.3 Å². The third-order valence-corrected chi connectivity index (χ3v) is 4.33. The van der Waals surface area contributed by atoms with E-state index >= 15 is 0 Å². The molecule has 2 rings (SSSR count). The molecule has 0 aromatic heterocycles.